The Morgan fingerprint density at radius 2 is 2.14 bits per heavy atom. The molecule has 0 amide bonds. The Morgan fingerprint density at radius 1 is 1.29 bits per heavy atom. The number of nitrogens with zero attached hydrogens (tertiary/aromatic N) is 3. The van der Waals surface area contributed by atoms with Crippen molar-refractivity contribution in [3.63, 3.8) is 0 Å². The second-order valence-electron chi connectivity index (χ2n) is 5.59. The van der Waals surface area contributed by atoms with Gasteiger partial charge in [-0.1, -0.05) is 0 Å². The molecule has 2 N–H and O–H groups in total. The van der Waals surface area contributed by atoms with Gasteiger partial charge in [-0.25, -0.2) is 9.97 Å². The molecule has 0 unspecified atom stereocenters. The Kier molecular flexibility index (Phi) is 4.50. The number of piperidine rings is 1. The fraction of sp³-hybridized carbons (Fsp3) is 0.500. The Labute approximate surface area is 125 Å². The largest absolute Gasteiger partial charge is 0.368 e. The van der Waals surface area contributed by atoms with Gasteiger partial charge in [0.25, 0.3) is 0 Å². The van der Waals surface area contributed by atoms with Crippen LogP contribution in [0, 0.1) is 6.92 Å². The summed E-state index contributed by atoms with van der Waals surface area (Å²) in [5.41, 5.74) is 1.41. The standard InChI is InChI=1S/C16H23N5/c1-13-18-8-10-21(13)11-9-20-16-12-15(4-7-19-16)14-2-5-17-6-3-14/h4,7-8,10,12,14,17H,2-3,5-6,9,11H2,1H3,(H,19,20). The van der Waals surface area contributed by atoms with Crippen LogP contribution in [0.3, 0.4) is 0 Å². The molecular weight excluding hydrogens is 262 g/mol. The normalized spacial score (nSPS) is 16.0. The first-order chi connectivity index (χ1) is 10.3. The third-order valence-electron chi connectivity index (χ3n) is 4.18. The van der Waals surface area contributed by atoms with Crippen LogP contribution < -0.4 is 10.6 Å². The molecule has 0 radical (unpaired) electrons. The van der Waals surface area contributed by atoms with Gasteiger partial charge in [0, 0.05) is 31.7 Å². The van der Waals surface area contributed by atoms with Gasteiger partial charge in [-0.15, -0.1) is 0 Å². The molecule has 0 atom stereocenters. The van der Waals surface area contributed by atoms with Crippen molar-refractivity contribution in [3.05, 3.63) is 42.1 Å². The van der Waals surface area contributed by atoms with Crippen LogP contribution in [0.25, 0.3) is 0 Å². The number of rotatable bonds is 5. The van der Waals surface area contributed by atoms with Crippen LogP contribution in [-0.4, -0.2) is 34.2 Å². The molecular formula is C16H23N5. The third-order valence-corrected chi connectivity index (χ3v) is 4.18. The molecule has 0 aliphatic carbocycles. The summed E-state index contributed by atoms with van der Waals surface area (Å²) in [5.74, 6) is 2.70. The fourth-order valence-electron chi connectivity index (χ4n) is 2.90. The molecule has 5 nitrogen and oxygen atoms in total. The number of hydrogen-bond donors (Lipinski definition) is 2. The number of aromatic nitrogens is 3. The summed E-state index contributed by atoms with van der Waals surface area (Å²) >= 11 is 0. The van der Waals surface area contributed by atoms with Gasteiger partial charge in [0.15, 0.2) is 0 Å². The van der Waals surface area contributed by atoms with Crippen LogP contribution in [0.2, 0.25) is 0 Å². The zero-order valence-electron chi connectivity index (χ0n) is 12.5. The summed E-state index contributed by atoms with van der Waals surface area (Å²) in [6, 6.07) is 4.36. The molecule has 112 valence electrons. The summed E-state index contributed by atoms with van der Waals surface area (Å²) in [4.78, 5) is 8.66. The molecule has 1 aliphatic heterocycles. The summed E-state index contributed by atoms with van der Waals surface area (Å²) in [6.07, 6.45) is 8.21. The Morgan fingerprint density at radius 3 is 2.90 bits per heavy atom. The summed E-state index contributed by atoms with van der Waals surface area (Å²) in [6.45, 7) is 6.03. The van der Waals surface area contributed by atoms with E-state index in [1.54, 1.807) is 0 Å². The van der Waals surface area contributed by atoms with Gasteiger partial charge in [-0.3, -0.25) is 0 Å². The van der Waals surface area contributed by atoms with E-state index in [0.29, 0.717) is 5.92 Å². The van der Waals surface area contributed by atoms with Gasteiger partial charge < -0.3 is 15.2 Å². The lowest BCUT2D eigenvalue weighted by Crippen LogP contribution is -2.26. The summed E-state index contributed by atoms with van der Waals surface area (Å²) in [7, 11) is 0. The van der Waals surface area contributed by atoms with E-state index < -0.39 is 0 Å². The van der Waals surface area contributed by atoms with Gasteiger partial charge in [-0.05, 0) is 56.5 Å². The van der Waals surface area contributed by atoms with Crippen LogP contribution in [0.1, 0.15) is 30.1 Å². The van der Waals surface area contributed by atoms with E-state index in [-0.39, 0.29) is 0 Å². The smallest absolute Gasteiger partial charge is 0.126 e. The molecule has 5 heteroatoms. The van der Waals surface area contributed by atoms with Crippen molar-refractivity contribution >= 4 is 5.82 Å². The topological polar surface area (TPSA) is 54.8 Å². The molecule has 0 bridgehead atoms. The maximum Gasteiger partial charge on any atom is 0.126 e. The highest BCUT2D eigenvalue weighted by molar-refractivity contribution is 5.38. The highest BCUT2D eigenvalue weighted by Gasteiger charge is 2.15. The number of nitrogens with one attached hydrogen (secondary N) is 2. The predicted molar refractivity (Wildman–Crippen MR) is 84.5 cm³/mol. The van der Waals surface area contributed by atoms with Crippen LogP contribution in [-0.2, 0) is 6.54 Å². The third kappa shape index (κ3) is 3.61. The summed E-state index contributed by atoms with van der Waals surface area (Å²) in [5, 5.41) is 6.83. The van der Waals surface area contributed by atoms with Crippen LogP contribution in [0.4, 0.5) is 5.82 Å². The molecule has 2 aromatic rings. The van der Waals surface area contributed by atoms with Crippen LogP contribution >= 0.6 is 0 Å². The first kappa shape index (κ1) is 14.1. The van der Waals surface area contributed by atoms with Crippen LogP contribution in [0.5, 0.6) is 0 Å². The lowest BCUT2D eigenvalue weighted by atomic mass is 9.91. The van der Waals surface area contributed by atoms with Crippen molar-refractivity contribution in [1.82, 2.24) is 19.9 Å². The number of hydrogen-bond acceptors (Lipinski definition) is 4. The minimum absolute atomic E-state index is 0.672. The molecule has 0 spiro atoms. The second-order valence-corrected chi connectivity index (χ2v) is 5.59. The van der Waals surface area contributed by atoms with E-state index in [2.05, 4.69) is 37.3 Å². The van der Waals surface area contributed by atoms with E-state index in [1.807, 2.05) is 25.5 Å². The molecule has 3 rings (SSSR count). The van der Waals surface area contributed by atoms with Crippen molar-refractivity contribution < 1.29 is 0 Å². The minimum atomic E-state index is 0.672. The van der Waals surface area contributed by atoms with Crippen molar-refractivity contribution in [3.8, 4) is 0 Å². The predicted octanol–water partition coefficient (Wildman–Crippen LogP) is 2.17. The van der Waals surface area contributed by atoms with Gasteiger partial charge in [-0.2, -0.15) is 0 Å². The Hall–Kier alpha value is -1.88. The highest BCUT2D eigenvalue weighted by atomic mass is 15.1. The molecule has 1 saturated heterocycles. The molecule has 0 saturated carbocycles. The average molecular weight is 285 g/mol. The first-order valence-corrected chi connectivity index (χ1v) is 7.71. The van der Waals surface area contributed by atoms with E-state index in [1.165, 1.54) is 18.4 Å². The minimum Gasteiger partial charge on any atom is -0.368 e. The zero-order valence-corrected chi connectivity index (χ0v) is 12.5. The van der Waals surface area contributed by atoms with E-state index in [0.717, 1.165) is 37.8 Å². The van der Waals surface area contributed by atoms with E-state index in [9.17, 15) is 0 Å². The van der Waals surface area contributed by atoms with Gasteiger partial charge >= 0.3 is 0 Å². The monoisotopic (exact) mass is 285 g/mol. The lowest BCUT2D eigenvalue weighted by Gasteiger charge is -2.23. The molecule has 0 aromatic carbocycles. The number of aryl methyl sites for hydroxylation is 1. The number of pyridine rings is 1. The Bertz CT molecular complexity index is 572. The van der Waals surface area contributed by atoms with Crippen molar-refractivity contribution in [2.75, 3.05) is 25.0 Å². The average Bonchev–Trinajstić information content (AvgIpc) is 2.94. The first-order valence-electron chi connectivity index (χ1n) is 7.71. The fourth-order valence-corrected chi connectivity index (χ4v) is 2.90. The lowest BCUT2D eigenvalue weighted by molar-refractivity contribution is 0.460. The van der Waals surface area contributed by atoms with Crippen molar-refractivity contribution in [2.24, 2.45) is 0 Å². The molecule has 1 fully saturated rings. The number of anilines is 1. The zero-order chi connectivity index (χ0) is 14.5. The maximum absolute atomic E-state index is 4.42. The Balaban J connectivity index is 1.57. The maximum atomic E-state index is 4.42. The van der Waals surface area contributed by atoms with Crippen molar-refractivity contribution in [1.29, 1.82) is 0 Å². The van der Waals surface area contributed by atoms with Crippen molar-refractivity contribution in [2.45, 2.75) is 32.2 Å². The highest BCUT2D eigenvalue weighted by Crippen LogP contribution is 2.25. The van der Waals surface area contributed by atoms with E-state index in [4.69, 9.17) is 0 Å². The van der Waals surface area contributed by atoms with E-state index >= 15 is 0 Å². The quantitative estimate of drug-likeness (QED) is 0.884. The molecule has 21 heavy (non-hydrogen) atoms. The van der Waals surface area contributed by atoms with Gasteiger partial charge in [0.05, 0.1) is 0 Å². The SMILES string of the molecule is Cc1nccn1CCNc1cc(C2CCNCC2)ccn1. The second kappa shape index (κ2) is 6.72. The summed E-state index contributed by atoms with van der Waals surface area (Å²) < 4.78 is 2.14. The van der Waals surface area contributed by atoms with Gasteiger partial charge in [0.1, 0.15) is 11.6 Å². The van der Waals surface area contributed by atoms with Crippen LogP contribution in [0.15, 0.2) is 30.7 Å². The molecule has 1 aliphatic rings. The number of imidazole rings is 1. The molecule has 3 heterocycles. The molecule has 2 aromatic heterocycles. The van der Waals surface area contributed by atoms with Gasteiger partial charge in [0.2, 0.25) is 0 Å².